The lowest BCUT2D eigenvalue weighted by Crippen LogP contribution is -2.31. The Morgan fingerprint density at radius 1 is 1.00 bits per heavy atom. The summed E-state index contributed by atoms with van der Waals surface area (Å²) in [6, 6.07) is 13.2. The van der Waals surface area contributed by atoms with Crippen LogP contribution in [0.3, 0.4) is 0 Å². The first-order chi connectivity index (χ1) is 14.0. The van der Waals surface area contributed by atoms with E-state index in [1.54, 1.807) is 30.3 Å². The third-order valence-electron chi connectivity index (χ3n) is 4.03. The van der Waals surface area contributed by atoms with Gasteiger partial charge in [-0.15, -0.1) is 0 Å². The summed E-state index contributed by atoms with van der Waals surface area (Å²) in [6.45, 7) is -0.199. The fourth-order valence-electron chi connectivity index (χ4n) is 2.56. The van der Waals surface area contributed by atoms with Crippen LogP contribution in [-0.4, -0.2) is 13.4 Å². The molecule has 0 saturated carbocycles. The minimum atomic E-state index is -4.67. The van der Waals surface area contributed by atoms with E-state index in [9.17, 15) is 21.6 Å². The van der Waals surface area contributed by atoms with Crippen LogP contribution >= 0.6 is 39.1 Å². The molecule has 0 atom stereocenters. The Labute approximate surface area is 189 Å². The first-order valence-corrected chi connectivity index (χ1v) is 11.2. The monoisotopic (exact) mass is 538 g/mol. The predicted molar refractivity (Wildman–Crippen MR) is 113 cm³/mol. The molecule has 0 saturated heterocycles. The molecule has 0 radical (unpaired) electrons. The third-order valence-corrected chi connectivity index (χ3v) is 7.28. The molecule has 4 nitrogen and oxygen atoms in total. The van der Waals surface area contributed by atoms with Crippen molar-refractivity contribution in [1.29, 1.82) is 0 Å². The first-order valence-electron chi connectivity index (χ1n) is 8.24. The largest absolute Gasteiger partial charge is 0.417 e. The second-order valence-electron chi connectivity index (χ2n) is 6.10. The van der Waals surface area contributed by atoms with Crippen LogP contribution in [-0.2, 0) is 22.7 Å². The highest BCUT2D eigenvalue weighted by Crippen LogP contribution is 2.36. The Bertz CT molecular complexity index is 1180. The molecule has 158 valence electrons. The Kier molecular flexibility index (Phi) is 6.66. The van der Waals surface area contributed by atoms with Gasteiger partial charge in [0.25, 0.3) is 10.0 Å². The highest BCUT2D eigenvalue weighted by molar-refractivity contribution is 9.10. The summed E-state index contributed by atoms with van der Waals surface area (Å²) in [4.78, 5) is 3.56. The van der Waals surface area contributed by atoms with Crippen molar-refractivity contribution in [3.8, 4) is 0 Å². The maximum atomic E-state index is 13.4. The van der Waals surface area contributed by atoms with Crippen molar-refractivity contribution in [1.82, 2.24) is 4.98 Å². The topological polar surface area (TPSA) is 50.3 Å². The maximum Gasteiger partial charge on any atom is 0.417 e. The van der Waals surface area contributed by atoms with Crippen molar-refractivity contribution in [3.05, 3.63) is 86.4 Å². The summed E-state index contributed by atoms with van der Waals surface area (Å²) < 4.78 is 67.0. The molecule has 3 aromatic rings. The number of pyridine rings is 1. The van der Waals surface area contributed by atoms with Gasteiger partial charge in [-0.3, -0.25) is 0 Å². The summed E-state index contributed by atoms with van der Waals surface area (Å²) in [5.74, 6) is -0.326. The molecule has 0 aliphatic carbocycles. The zero-order valence-electron chi connectivity index (χ0n) is 14.9. The van der Waals surface area contributed by atoms with Crippen molar-refractivity contribution in [2.24, 2.45) is 0 Å². The summed E-state index contributed by atoms with van der Waals surface area (Å²) in [6.07, 6.45) is -4.12. The van der Waals surface area contributed by atoms with Gasteiger partial charge in [-0.25, -0.2) is 17.7 Å². The molecule has 0 aliphatic heterocycles. The smallest absolute Gasteiger partial charge is 0.244 e. The van der Waals surface area contributed by atoms with E-state index in [0.29, 0.717) is 22.3 Å². The molecule has 0 spiro atoms. The van der Waals surface area contributed by atoms with E-state index in [2.05, 4.69) is 20.9 Å². The van der Waals surface area contributed by atoms with Crippen LogP contribution in [0.15, 0.2) is 70.2 Å². The van der Waals surface area contributed by atoms with Crippen molar-refractivity contribution < 1.29 is 21.6 Å². The zero-order chi connectivity index (χ0) is 22.1. The maximum absolute atomic E-state index is 13.4. The summed E-state index contributed by atoms with van der Waals surface area (Å²) in [7, 11) is -4.26. The van der Waals surface area contributed by atoms with Crippen LogP contribution < -0.4 is 4.31 Å². The Balaban J connectivity index is 2.15. The second-order valence-corrected chi connectivity index (χ2v) is 9.63. The lowest BCUT2D eigenvalue weighted by atomic mass is 10.2. The lowest BCUT2D eigenvalue weighted by Gasteiger charge is -2.25. The van der Waals surface area contributed by atoms with Gasteiger partial charge in [0.15, 0.2) is 5.82 Å². The van der Waals surface area contributed by atoms with Gasteiger partial charge in [-0.05, 0) is 45.8 Å². The Hall–Kier alpha value is -1.81. The van der Waals surface area contributed by atoms with Gasteiger partial charge >= 0.3 is 6.18 Å². The normalized spacial score (nSPS) is 12.1. The quantitative estimate of drug-likeness (QED) is 0.368. The van der Waals surface area contributed by atoms with E-state index in [0.717, 1.165) is 4.31 Å². The number of hydrogen-bond acceptors (Lipinski definition) is 3. The molecule has 11 heteroatoms. The molecule has 0 N–H and O–H groups in total. The Morgan fingerprint density at radius 2 is 1.67 bits per heavy atom. The highest BCUT2D eigenvalue weighted by Gasteiger charge is 2.34. The molecule has 2 aromatic carbocycles. The fourth-order valence-corrected chi connectivity index (χ4v) is 4.82. The third kappa shape index (κ3) is 4.91. The van der Waals surface area contributed by atoms with Gasteiger partial charge in [-0.2, -0.15) is 13.2 Å². The zero-order valence-corrected chi connectivity index (χ0v) is 18.8. The van der Waals surface area contributed by atoms with E-state index in [-0.39, 0.29) is 22.3 Å². The minimum Gasteiger partial charge on any atom is -0.244 e. The number of aromatic nitrogens is 1. The van der Waals surface area contributed by atoms with Gasteiger partial charge < -0.3 is 0 Å². The summed E-state index contributed by atoms with van der Waals surface area (Å²) >= 11 is 15.3. The van der Waals surface area contributed by atoms with Crippen LogP contribution in [0.2, 0.25) is 10.0 Å². The van der Waals surface area contributed by atoms with Gasteiger partial charge in [0.2, 0.25) is 0 Å². The number of nitrogens with zero attached hydrogens (tertiary/aromatic N) is 2. The van der Waals surface area contributed by atoms with Gasteiger partial charge in [0.1, 0.15) is 0 Å². The van der Waals surface area contributed by atoms with Crippen LogP contribution in [0.4, 0.5) is 19.0 Å². The summed E-state index contributed by atoms with van der Waals surface area (Å²) in [5.41, 5.74) is -0.498. The first kappa shape index (κ1) is 22.9. The molecule has 0 unspecified atom stereocenters. The van der Waals surface area contributed by atoms with Crippen LogP contribution in [0.5, 0.6) is 0 Å². The van der Waals surface area contributed by atoms with E-state index in [1.165, 1.54) is 18.2 Å². The molecule has 30 heavy (non-hydrogen) atoms. The van der Waals surface area contributed by atoms with Crippen molar-refractivity contribution >= 4 is 55.0 Å². The van der Waals surface area contributed by atoms with Crippen molar-refractivity contribution in [2.45, 2.75) is 17.6 Å². The van der Waals surface area contributed by atoms with E-state index >= 15 is 0 Å². The number of anilines is 1. The van der Waals surface area contributed by atoms with Crippen LogP contribution in [0.25, 0.3) is 0 Å². The molecule has 1 aromatic heterocycles. The average Bonchev–Trinajstić information content (AvgIpc) is 2.68. The molecule has 0 aliphatic rings. The molecule has 0 fully saturated rings. The van der Waals surface area contributed by atoms with Crippen LogP contribution in [0, 0.1) is 0 Å². The van der Waals surface area contributed by atoms with Gasteiger partial charge in [0.05, 0.1) is 27.0 Å². The number of hydrogen-bond donors (Lipinski definition) is 0. The van der Waals surface area contributed by atoms with Gasteiger partial charge in [-0.1, -0.05) is 53.5 Å². The van der Waals surface area contributed by atoms with E-state index in [1.807, 2.05) is 0 Å². The van der Waals surface area contributed by atoms with Gasteiger partial charge in [0, 0.05) is 10.7 Å². The van der Waals surface area contributed by atoms with E-state index < -0.39 is 26.8 Å². The number of halogens is 6. The van der Waals surface area contributed by atoms with Crippen LogP contribution in [0.1, 0.15) is 11.1 Å². The number of alkyl halides is 3. The minimum absolute atomic E-state index is 0.155. The molecule has 0 bridgehead atoms. The number of rotatable bonds is 5. The fraction of sp³-hybridized carbons (Fsp3) is 0.105. The molecule has 3 rings (SSSR count). The molecule has 1 heterocycles. The molecule has 0 amide bonds. The standard InChI is InChI=1S/C19H12BrCl2F3N2O2S/c20-15-7-6-14(9-16(15)21)30(28,29)27(11-12-4-2-1-3-5-12)18-17(22)8-13(10-26-18)19(23,24)25/h1-10H,11H2. The SMILES string of the molecule is O=S(=O)(c1ccc(Br)c(Cl)c1)N(Cc1ccccc1)c1ncc(C(F)(F)F)cc1Cl. The molecular weight excluding hydrogens is 528 g/mol. The lowest BCUT2D eigenvalue weighted by molar-refractivity contribution is -0.137. The van der Waals surface area contributed by atoms with Crippen molar-refractivity contribution in [3.63, 3.8) is 0 Å². The van der Waals surface area contributed by atoms with Crippen molar-refractivity contribution in [2.75, 3.05) is 4.31 Å². The molecular formula is C19H12BrCl2F3N2O2S. The predicted octanol–water partition coefficient (Wildman–Crippen LogP) is 6.57. The van der Waals surface area contributed by atoms with E-state index in [4.69, 9.17) is 23.2 Å². The summed E-state index contributed by atoms with van der Waals surface area (Å²) in [5, 5.41) is -0.297. The Morgan fingerprint density at radius 3 is 2.23 bits per heavy atom. The number of sulfonamides is 1. The second kappa shape index (κ2) is 8.74. The average molecular weight is 540 g/mol. The number of benzene rings is 2. The highest BCUT2D eigenvalue weighted by atomic mass is 79.9.